The van der Waals surface area contributed by atoms with Gasteiger partial charge in [0.25, 0.3) is 5.91 Å². The van der Waals surface area contributed by atoms with Crippen molar-refractivity contribution in [1.82, 2.24) is 19.6 Å². The van der Waals surface area contributed by atoms with Crippen LogP contribution in [0, 0.1) is 25.5 Å². The minimum atomic E-state index is -5.08. The maximum absolute atomic E-state index is 14.7. The van der Waals surface area contributed by atoms with Gasteiger partial charge < -0.3 is 24.8 Å². The van der Waals surface area contributed by atoms with Crippen LogP contribution in [0.4, 0.5) is 31.1 Å². The number of carbonyl (C=O) groups excluding carboxylic acids is 2. The fraction of sp³-hybridized carbons (Fsp3) is 0.429. The van der Waals surface area contributed by atoms with Crippen LogP contribution in [0.3, 0.4) is 0 Å². The molecule has 2 unspecified atom stereocenters. The number of carboxylic acids is 1. The van der Waals surface area contributed by atoms with Crippen molar-refractivity contribution in [2.75, 3.05) is 13.1 Å². The number of hydrogen-bond acceptors (Lipinski definition) is 6. The molecule has 2 amide bonds. The number of halogens is 6. The molecular formula is C28H30F6N4O6. The summed E-state index contributed by atoms with van der Waals surface area (Å²) in [7, 11) is 0. The number of nitrogens with zero attached hydrogens (tertiary/aromatic N) is 3. The van der Waals surface area contributed by atoms with E-state index in [0.717, 1.165) is 12.1 Å². The number of carboxylic acid groups (broad SMARTS) is 1. The van der Waals surface area contributed by atoms with E-state index in [-0.39, 0.29) is 42.4 Å². The van der Waals surface area contributed by atoms with E-state index >= 15 is 0 Å². The number of amides is 2. The summed E-state index contributed by atoms with van der Waals surface area (Å²) in [6.07, 6.45) is -5.55. The summed E-state index contributed by atoms with van der Waals surface area (Å²) in [5.74, 6) is -4.58. The lowest BCUT2D eigenvalue weighted by Gasteiger charge is -2.24. The number of ether oxygens (including phenoxy) is 2. The number of aliphatic carboxylic acids is 1. The van der Waals surface area contributed by atoms with Crippen LogP contribution >= 0.6 is 0 Å². The number of carbonyl (C=O) groups is 3. The number of fused-ring (bicyclic) bond motifs is 1. The van der Waals surface area contributed by atoms with Gasteiger partial charge in [-0.1, -0.05) is 6.07 Å². The maximum atomic E-state index is 14.7. The Labute approximate surface area is 247 Å². The Balaban J connectivity index is 0.000000676. The van der Waals surface area contributed by atoms with E-state index in [1.807, 2.05) is 0 Å². The lowest BCUT2D eigenvalue weighted by molar-refractivity contribution is -0.192. The smallest absolute Gasteiger partial charge is 0.485 e. The van der Waals surface area contributed by atoms with E-state index in [4.69, 9.17) is 19.4 Å². The Morgan fingerprint density at radius 2 is 1.68 bits per heavy atom. The number of alkyl halides is 4. The number of pyridine rings is 1. The minimum absolute atomic E-state index is 0.0425. The molecular weight excluding hydrogens is 602 g/mol. The second kappa shape index (κ2) is 13.0. The molecule has 0 aliphatic carbocycles. The van der Waals surface area contributed by atoms with Gasteiger partial charge in [0.15, 0.2) is 11.4 Å². The highest BCUT2D eigenvalue weighted by Gasteiger charge is 2.39. The van der Waals surface area contributed by atoms with E-state index in [2.05, 4.69) is 10.3 Å². The van der Waals surface area contributed by atoms with Gasteiger partial charge in [0.2, 0.25) is 0 Å². The number of rotatable bonds is 5. The number of benzene rings is 1. The predicted octanol–water partition coefficient (Wildman–Crippen LogP) is 5.13. The van der Waals surface area contributed by atoms with Crippen molar-refractivity contribution in [3.8, 4) is 5.75 Å². The number of imidazole rings is 1. The molecule has 1 aliphatic rings. The standard InChI is InChI=1S/C26H29F3N4O4.C2HF3O2/c1-14-9-21(36-13-16-17(27)7-6-8-18(16)28)23-30-15(2)22(33(23)10-14)24(34)31-20-12-32(11-19(20)29)25(35)37-26(3,4)5;3-2(4,5)1(6)7/h6-10,19-20H,11-13H2,1-5H3,(H,31,34);(H,6,7). The molecule has 10 nitrogen and oxygen atoms in total. The fourth-order valence-corrected chi connectivity index (χ4v) is 4.17. The number of nitrogens with one attached hydrogen (secondary N) is 1. The van der Waals surface area contributed by atoms with Crippen LogP contribution < -0.4 is 10.1 Å². The molecule has 3 aromatic rings. The average molecular weight is 633 g/mol. The summed E-state index contributed by atoms with van der Waals surface area (Å²) >= 11 is 0. The van der Waals surface area contributed by atoms with Gasteiger partial charge in [-0.3, -0.25) is 9.20 Å². The molecule has 1 fully saturated rings. The molecule has 4 rings (SSSR count). The third kappa shape index (κ3) is 8.32. The van der Waals surface area contributed by atoms with Crippen molar-refractivity contribution >= 4 is 23.6 Å². The quantitative estimate of drug-likeness (QED) is 0.374. The number of likely N-dealkylation sites (tertiary alicyclic amines) is 1. The third-order valence-electron chi connectivity index (χ3n) is 6.11. The summed E-state index contributed by atoms with van der Waals surface area (Å²) in [5.41, 5.74) is 0.513. The van der Waals surface area contributed by atoms with E-state index in [1.165, 1.54) is 15.4 Å². The van der Waals surface area contributed by atoms with Crippen molar-refractivity contribution in [1.29, 1.82) is 0 Å². The first kappa shape index (κ1) is 34.0. The first-order valence-corrected chi connectivity index (χ1v) is 13.1. The molecule has 1 saturated heterocycles. The Morgan fingerprint density at radius 3 is 2.23 bits per heavy atom. The summed E-state index contributed by atoms with van der Waals surface area (Å²) < 4.78 is 87.1. The maximum Gasteiger partial charge on any atom is 0.490 e. The summed E-state index contributed by atoms with van der Waals surface area (Å²) in [6, 6.07) is 4.26. The van der Waals surface area contributed by atoms with Crippen molar-refractivity contribution in [2.24, 2.45) is 0 Å². The lowest BCUT2D eigenvalue weighted by atomic mass is 10.2. The average Bonchev–Trinajstić information content (AvgIpc) is 3.41. The molecule has 1 aliphatic heterocycles. The number of aromatic nitrogens is 2. The van der Waals surface area contributed by atoms with E-state index in [1.54, 1.807) is 46.9 Å². The Morgan fingerprint density at radius 1 is 1.09 bits per heavy atom. The van der Waals surface area contributed by atoms with Crippen LogP contribution in [0.2, 0.25) is 0 Å². The highest BCUT2D eigenvalue weighted by Crippen LogP contribution is 2.26. The van der Waals surface area contributed by atoms with E-state index in [9.17, 15) is 35.9 Å². The predicted molar refractivity (Wildman–Crippen MR) is 143 cm³/mol. The highest BCUT2D eigenvalue weighted by atomic mass is 19.4. The monoisotopic (exact) mass is 632 g/mol. The molecule has 1 aromatic carbocycles. The topological polar surface area (TPSA) is 122 Å². The van der Waals surface area contributed by atoms with Gasteiger partial charge in [-0.15, -0.1) is 0 Å². The van der Waals surface area contributed by atoms with Gasteiger partial charge in [-0.05, 0) is 58.4 Å². The summed E-state index contributed by atoms with van der Waals surface area (Å²) in [5, 5.41) is 9.78. The Kier molecular flexibility index (Phi) is 10.1. The lowest BCUT2D eigenvalue weighted by Crippen LogP contribution is -2.42. The molecule has 240 valence electrons. The normalized spacial score (nSPS) is 16.8. The molecule has 0 saturated carbocycles. The first-order valence-electron chi connectivity index (χ1n) is 13.1. The van der Waals surface area contributed by atoms with Crippen molar-refractivity contribution in [2.45, 2.75) is 65.2 Å². The SMILES string of the molecule is Cc1cc(OCc2c(F)cccc2F)c2nc(C)c(C(=O)NC3CN(C(=O)OC(C)(C)C)CC3F)n2c1.O=C(O)C(F)(F)F. The third-order valence-corrected chi connectivity index (χ3v) is 6.11. The highest BCUT2D eigenvalue weighted by molar-refractivity contribution is 5.95. The van der Waals surface area contributed by atoms with E-state index < -0.39 is 53.6 Å². The van der Waals surface area contributed by atoms with Gasteiger partial charge in [0.1, 0.15) is 35.7 Å². The second-order valence-electron chi connectivity index (χ2n) is 10.9. The summed E-state index contributed by atoms with van der Waals surface area (Å²) in [6.45, 7) is 7.91. The van der Waals surface area contributed by atoms with Crippen LogP contribution in [0.25, 0.3) is 5.65 Å². The zero-order valence-electron chi connectivity index (χ0n) is 24.3. The zero-order chi connectivity index (χ0) is 33.1. The molecule has 16 heteroatoms. The number of hydrogen-bond donors (Lipinski definition) is 2. The van der Waals surface area contributed by atoms with Crippen LogP contribution in [-0.4, -0.2) is 74.4 Å². The molecule has 44 heavy (non-hydrogen) atoms. The first-order chi connectivity index (χ1) is 20.3. The van der Waals surface area contributed by atoms with Crippen LogP contribution in [0.1, 0.15) is 48.1 Å². The molecule has 2 N–H and O–H groups in total. The van der Waals surface area contributed by atoms with Crippen LogP contribution in [0.5, 0.6) is 5.75 Å². The fourth-order valence-electron chi connectivity index (χ4n) is 4.17. The molecule has 0 radical (unpaired) electrons. The summed E-state index contributed by atoms with van der Waals surface area (Å²) in [4.78, 5) is 40.1. The second-order valence-corrected chi connectivity index (χ2v) is 10.9. The van der Waals surface area contributed by atoms with Gasteiger partial charge in [0, 0.05) is 12.7 Å². The number of aryl methyl sites for hydroxylation is 2. The molecule has 3 heterocycles. The minimum Gasteiger partial charge on any atom is -0.485 e. The van der Waals surface area contributed by atoms with Gasteiger partial charge in [-0.25, -0.2) is 27.7 Å². The molecule has 0 spiro atoms. The molecule has 2 aromatic heterocycles. The van der Waals surface area contributed by atoms with Crippen LogP contribution in [-0.2, 0) is 16.1 Å². The largest absolute Gasteiger partial charge is 0.490 e. The van der Waals surface area contributed by atoms with Crippen LogP contribution in [0.15, 0.2) is 30.5 Å². The Hall–Kier alpha value is -4.50. The van der Waals surface area contributed by atoms with E-state index in [0.29, 0.717) is 11.3 Å². The van der Waals surface area contributed by atoms with Gasteiger partial charge in [-0.2, -0.15) is 13.2 Å². The van der Waals surface area contributed by atoms with Crippen molar-refractivity contribution in [3.05, 3.63) is 64.6 Å². The van der Waals surface area contributed by atoms with Gasteiger partial charge in [0.05, 0.1) is 23.8 Å². The molecule has 2 atom stereocenters. The van der Waals surface area contributed by atoms with Crippen molar-refractivity contribution in [3.63, 3.8) is 0 Å². The Bertz CT molecular complexity index is 1530. The van der Waals surface area contributed by atoms with Gasteiger partial charge >= 0.3 is 18.2 Å². The van der Waals surface area contributed by atoms with Crippen molar-refractivity contribution < 1.29 is 55.3 Å². The zero-order valence-corrected chi connectivity index (χ0v) is 24.3. The molecule has 0 bridgehead atoms.